The molecule has 7 nitrogen and oxygen atoms in total. The van der Waals surface area contributed by atoms with Crippen LogP contribution >= 0.6 is 11.8 Å². The van der Waals surface area contributed by atoms with E-state index in [1.54, 1.807) is 18.3 Å². The molecule has 0 fully saturated rings. The van der Waals surface area contributed by atoms with Crippen molar-refractivity contribution < 1.29 is 4.92 Å². The SMILES string of the molecule is Cc1ccnc(SCc2ccc([N+](=O)[O-])c(NN)c2)n1. The number of hydrogen-bond acceptors (Lipinski definition) is 7. The lowest BCUT2D eigenvalue weighted by atomic mass is 10.2. The number of thioether (sulfide) groups is 1. The van der Waals surface area contributed by atoms with E-state index in [4.69, 9.17) is 5.84 Å². The second-order valence-electron chi connectivity index (χ2n) is 4.02. The zero-order valence-electron chi connectivity index (χ0n) is 10.7. The quantitative estimate of drug-likeness (QED) is 0.286. The van der Waals surface area contributed by atoms with Crippen LogP contribution in [0.2, 0.25) is 0 Å². The predicted octanol–water partition coefficient (Wildman–Crippen LogP) is 2.27. The molecule has 0 spiro atoms. The molecule has 0 saturated carbocycles. The van der Waals surface area contributed by atoms with Crippen molar-refractivity contribution in [3.63, 3.8) is 0 Å². The summed E-state index contributed by atoms with van der Waals surface area (Å²) in [5, 5.41) is 11.5. The molecular weight excluding hydrogens is 278 g/mol. The average molecular weight is 291 g/mol. The Bertz CT molecular complexity index is 635. The minimum Gasteiger partial charge on any atom is -0.318 e. The number of aromatic nitrogens is 2. The number of benzene rings is 1. The van der Waals surface area contributed by atoms with Gasteiger partial charge in [0.15, 0.2) is 5.16 Å². The first-order valence-corrected chi connectivity index (χ1v) is 6.75. The predicted molar refractivity (Wildman–Crippen MR) is 77.2 cm³/mol. The lowest BCUT2D eigenvalue weighted by molar-refractivity contribution is -0.384. The third kappa shape index (κ3) is 3.43. The highest BCUT2D eigenvalue weighted by Gasteiger charge is 2.13. The van der Waals surface area contributed by atoms with Crippen molar-refractivity contribution >= 4 is 23.1 Å². The van der Waals surface area contributed by atoms with Crippen molar-refractivity contribution in [1.29, 1.82) is 0 Å². The van der Waals surface area contributed by atoms with Crippen LogP contribution in [0.4, 0.5) is 11.4 Å². The van der Waals surface area contributed by atoms with E-state index in [-0.39, 0.29) is 5.69 Å². The number of aryl methyl sites for hydroxylation is 1. The van der Waals surface area contributed by atoms with Crippen LogP contribution in [0.15, 0.2) is 35.6 Å². The van der Waals surface area contributed by atoms with E-state index >= 15 is 0 Å². The standard InChI is InChI=1S/C12H13N5O2S/c1-8-4-5-14-12(15-8)20-7-9-2-3-11(17(18)19)10(6-9)16-13/h2-6,16H,7,13H2,1H3. The molecule has 1 aromatic heterocycles. The minimum absolute atomic E-state index is 0.0481. The molecule has 8 heteroatoms. The Kier molecular flexibility index (Phi) is 4.49. The number of hydrogen-bond donors (Lipinski definition) is 2. The summed E-state index contributed by atoms with van der Waals surface area (Å²) in [6.45, 7) is 1.90. The van der Waals surface area contributed by atoms with E-state index in [1.165, 1.54) is 17.8 Å². The molecule has 2 aromatic rings. The van der Waals surface area contributed by atoms with Crippen LogP contribution in [0.3, 0.4) is 0 Å². The Hall–Kier alpha value is -2.19. The van der Waals surface area contributed by atoms with Gasteiger partial charge in [-0.2, -0.15) is 0 Å². The second-order valence-corrected chi connectivity index (χ2v) is 4.96. The fraction of sp³-hybridized carbons (Fsp3) is 0.167. The van der Waals surface area contributed by atoms with Gasteiger partial charge < -0.3 is 5.43 Å². The van der Waals surface area contributed by atoms with Crippen LogP contribution < -0.4 is 11.3 Å². The molecule has 1 heterocycles. The Morgan fingerprint density at radius 1 is 1.45 bits per heavy atom. The molecule has 0 saturated heterocycles. The lowest BCUT2D eigenvalue weighted by Crippen LogP contribution is -2.09. The molecular formula is C12H13N5O2S. The molecule has 2 rings (SSSR count). The summed E-state index contributed by atoms with van der Waals surface area (Å²) in [5.74, 6) is 5.91. The smallest absolute Gasteiger partial charge is 0.293 e. The highest BCUT2D eigenvalue weighted by Crippen LogP contribution is 2.27. The number of nitrogens with zero attached hydrogens (tertiary/aromatic N) is 3. The van der Waals surface area contributed by atoms with E-state index in [1.807, 2.05) is 13.0 Å². The van der Waals surface area contributed by atoms with Crippen molar-refractivity contribution in [1.82, 2.24) is 9.97 Å². The minimum atomic E-state index is -0.476. The molecule has 104 valence electrons. The molecule has 1 aromatic carbocycles. The van der Waals surface area contributed by atoms with Crippen molar-refractivity contribution in [3.05, 3.63) is 51.8 Å². The molecule has 0 amide bonds. The Labute approximate surface area is 119 Å². The largest absolute Gasteiger partial charge is 0.318 e. The van der Waals surface area contributed by atoms with Gasteiger partial charge in [0.05, 0.1) is 4.92 Å². The summed E-state index contributed by atoms with van der Waals surface area (Å²) in [4.78, 5) is 18.7. The van der Waals surface area contributed by atoms with Crippen molar-refractivity contribution in [2.24, 2.45) is 5.84 Å². The number of anilines is 1. The average Bonchev–Trinajstić information content (AvgIpc) is 2.44. The molecule has 0 radical (unpaired) electrons. The van der Waals surface area contributed by atoms with Gasteiger partial charge in [0.2, 0.25) is 0 Å². The van der Waals surface area contributed by atoms with Gasteiger partial charge in [0.1, 0.15) is 5.69 Å². The summed E-state index contributed by atoms with van der Waals surface area (Å²) < 4.78 is 0. The van der Waals surface area contributed by atoms with Crippen molar-refractivity contribution in [2.75, 3.05) is 5.43 Å². The molecule has 0 unspecified atom stereocenters. The van der Waals surface area contributed by atoms with E-state index in [0.29, 0.717) is 16.6 Å². The number of rotatable bonds is 5. The maximum Gasteiger partial charge on any atom is 0.293 e. The second kappa shape index (κ2) is 6.31. The molecule has 0 bridgehead atoms. The maximum atomic E-state index is 10.8. The molecule has 0 aliphatic carbocycles. The van der Waals surface area contributed by atoms with Crippen LogP contribution in [-0.4, -0.2) is 14.9 Å². The van der Waals surface area contributed by atoms with Crippen LogP contribution in [-0.2, 0) is 5.75 Å². The maximum absolute atomic E-state index is 10.8. The lowest BCUT2D eigenvalue weighted by Gasteiger charge is -2.05. The fourth-order valence-electron chi connectivity index (χ4n) is 1.59. The van der Waals surface area contributed by atoms with E-state index in [0.717, 1.165) is 11.3 Å². The third-order valence-corrected chi connectivity index (χ3v) is 3.49. The Balaban J connectivity index is 2.12. The van der Waals surface area contributed by atoms with Gasteiger partial charge >= 0.3 is 0 Å². The van der Waals surface area contributed by atoms with Gasteiger partial charge in [-0.15, -0.1) is 0 Å². The van der Waals surface area contributed by atoms with Gasteiger partial charge in [0.25, 0.3) is 5.69 Å². The van der Waals surface area contributed by atoms with Gasteiger partial charge in [-0.3, -0.25) is 16.0 Å². The van der Waals surface area contributed by atoms with E-state index in [9.17, 15) is 10.1 Å². The molecule has 0 aliphatic heterocycles. The van der Waals surface area contributed by atoms with Gasteiger partial charge in [-0.25, -0.2) is 9.97 Å². The number of nitro groups is 1. The molecule has 20 heavy (non-hydrogen) atoms. The summed E-state index contributed by atoms with van der Waals surface area (Å²) in [6.07, 6.45) is 1.70. The number of nitrogen functional groups attached to an aromatic ring is 1. The highest BCUT2D eigenvalue weighted by atomic mass is 32.2. The third-order valence-electron chi connectivity index (χ3n) is 2.55. The fourth-order valence-corrected chi connectivity index (χ4v) is 2.41. The first kappa shape index (κ1) is 14.2. The highest BCUT2D eigenvalue weighted by molar-refractivity contribution is 7.98. The number of hydrazine groups is 1. The van der Waals surface area contributed by atoms with E-state index < -0.39 is 4.92 Å². The number of nitrogens with two attached hydrogens (primary N) is 1. The van der Waals surface area contributed by atoms with E-state index in [2.05, 4.69) is 15.4 Å². The Morgan fingerprint density at radius 3 is 2.90 bits per heavy atom. The van der Waals surface area contributed by atoms with Gasteiger partial charge in [-0.1, -0.05) is 17.8 Å². The molecule has 3 N–H and O–H groups in total. The first-order chi connectivity index (χ1) is 9.60. The van der Waals surface area contributed by atoms with Gasteiger partial charge in [0, 0.05) is 23.7 Å². The monoisotopic (exact) mass is 291 g/mol. The summed E-state index contributed by atoms with van der Waals surface area (Å²) in [7, 11) is 0. The summed E-state index contributed by atoms with van der Waals surface area (Å²) >= 11 is 1.46. The van der Waals surface area contributed by atoms with Crippen LogP contribution in [0.25, 0.3) is 0 Å². The normalized spacial score (nSPS) is 10.3. The Morgan fingerprint density at radius 2 is 2.25 bits per heavy atom. The summed E-state index contributed by atoms with van der Waals surface area (Å²) in [6, 6.07) is 6.61. The van der Waals surface area contributed by atoms with Crippen LogP contribution in [0.5, 0.6) is 0 Å². The first-order valence-electron chi connectivity index (χ1n) is 5.76. The number of nitro benzene ring substituents is 1. The van der Waals surface area contributed by atoms with Crippen LogP contribution in [0.1, 0.15) is 11.3 Å². The zero-order valence-corrected chi connectivity index (χ0v) is 11.6. The zero-order chi connectivity index (χ0) is 14.5. The van der Waals surface area contributed by atoms with Crippen LogP contribution in [0, 0.1) is 17.0 Å². The molecule has 0 aliphatic rings. The molecule has 0 atom stereocenters. The van der Waals surface area contributed by atoms with Gasteiger partial charge in [-0.05, 0) is 24.6 Å². The topological polar surface area (TPSA) is 107 Å². The number of nitrogens with one attached hydrogen (secondary N) is 1. The summed E-state index contributed by atoms with van der Waals surface area (Å²) in [5.41, 5.74) is 4.38. The van der Waals surface area contributed by atoms with Crippen molar-refractivity contribution in [2.45, 2.75) is 17.8 Å². The van der Waals surface area contributed by atoms with Crippen molar-refractivity contribution in [3.8, 4) is 0 Å².